The molecule has 0 bridgehead atoms. The third-order valence-electron chi connectivity index (χ3n) is 2.59. The average Bonchev–Trinajstić information content (AvgIpc) is 2.47. The summed E-state index contributed by atoms with van der Waals surface area (Å²) in [5.41, 5.74) is 1.02. The second kappa shape index (κ2) is 7.05. The molecule has 0 heterocycles. The van der Waals surface area contributed by atoms with Gasteiger partial charge in [-0.25, -0.2) is 4.39 Å². The summed E-state index contributed by atoms with van der Waals surface area (Å²) in [6.07, 6.45) is 0. The standard InChI is InChI=1S/C15H13BrFNO2/c16-13-8-12(6-7-14(13)17)20-10-15(19)18-9-11-4-2-1-3-5-11/h1-8H,9-10H2,(H,18,19). The lowest BCUT2D eigenvalue weighted by atomic mass is 10.2. The zero-order valence-corrected chi connectivity index (χ0v) is 12.2. The minimum absolute atomic E-state index is 0.106. The van der Waals surface area contributed by atoms with Gasteiger partial charge in [-0.1, -0.05) is 30.3 Å². The van der Waals surface area contributed by atoms with E-state index < -0.39 is 0 Å². The molecule has 0 aliphatic heterocycles. The van der Waals surface area contributed by atoms with Gasteiger partial charge in [0.25, 0.3) is 5.91 Å². The number of carbonyl (C=O) groups excluding carboxylic acids is 1. The Bertz CT molecular complexity index is 590. The lowest BCUT2D eigenvalue weighted by Crippen LogP contribution is -2.28. The van der Waals surface area contributed by atoms with Gasteiger partial charge in [0.2, 0.25) is 0 Å². The quantitative estimate of drug-likeness (QED) is 0.909. The molecule has 2 aromatic rings. The van der Waals surface area contributed by atoms with E-state index in [1.807, 2.05) is 30.3 Å². The van der Waals surface area contributed by atoms with Crippen molar-refractivity contribution >= 4 is 21.8 Å². The van der Waals surface area contributed by atoms with Crippen molar-refractivity contribution in [1.29, 1.82) is 0 Å². The number of amides is 1. The first-order valence-electron chi connectivity index (χ1n) is 6.03. The molecular weight excluding hydrogens is 325 g/mol. The molecule has 20 heavy (non-hydrogen) atoms. The molecule has 0 saturated carbocycles. The first-order valence-corrected chi connectivity index (χ1v) is 6.83. The van der Waals surface area contributed by atoms with E-state index in [2.05, 4.69) is 21.2 Å². The number of rotatable bonds is 5. The molecule has 0 unspecified atom stereocenters. The summed E-state index contributed by atoms with van der Waals surface area (Å²) in [4.78, 5) is 11.6. The fourth-order valence-electron chi connectivity index (χ4n) is 1.56. The van der Waals surface area contributed by atoms with Crippen molar-refractivity contribution in [3.63, 3.8) is 0 Å². The number of carbonyl (C=O) groups is 1. The van der Waals surface area contributed by atoms with Crippen LogP contribution < -0.4 is 10.1 Å². The molecule has 2 rings (SSSR count). The third-order valence-corrected chi connectivity index (χ3v) is 3.20. The van der Waals surface area contributed by atoms with Crippen molar-refractivity contribution in [2.24, 2.45) is 0 Å². The van der Waals surface area contributed by atoms with Crippen LogP contribution >= 0.6 is 15.9 Å². The van der Waals surface area contributed by atoms with Crippen molar-refractivity contribution in [3.05, 3.63) is 64.4 Å². The Balaban J connectivity index is 1.79. The minimum Gasteiger partial charge on any atom is -0.484 e. The van der Waals surface area contributed by atoms with E-state index in [1.165, 1.54) is 18.2 Å². The van der Waals surface area contributed by atoms with Gasteiger partial charge < -0.3 is 10.1 Å². The monoisotopic (exact) mass is 337 g/mol. The third kappa shape index (κ3) is 4.35. The van der Waals surface area contributed by atoms with Gasteiger partial charge in [-0.2, -0.15) is 0 Å². The summed E-state index contributed by atoms with van der Waals surface area (Å²) in [5, 5.41) is 2.75. The predicted octanol–water partition coefficient (Wildman–Crippen LogP) is 3.28. The Labute approximate surface area is 124 Å². The van der Waals surface area contributed by atoms with Crippen LogP contribution in [0, 0.1) is 5.82 Å². The molecule has 2 aromatic carbocycles. The van der Waals surface area contributed by atoms with Gasteiger partial charge in [0.05, 0.1) is 4.47 Å². The second-order valence-electron chi connectivity index (χ2n) is 4.13. The second-order valence-corrected chi connectivity index (χ2v) is 4.98. The fraction of sp³-hybridized carbons (Fsp3) is 0.133. The zero-order valence-electron chi connectivity index (χ0n) is 10.6. The molecule has 0 spiro atoms. The molecule has 0 fully saturated rings. The Morgan fingerprint density at radius 1 is 1.20 bits per heavy atom. The number of halogens is 2. The molecule has 0 atom stereocenters. The number of nitrogens with one attached hydrogen (secondary N) is 1. The van der Waals surface area contributed by atoms with E-state index in [-0.39, 0.29) is 18.3 Å². The highest BCUT2D eigenvalue weighted by Crippen LogP contribution is 2.21. The smallest absolute Gasteiger partial charge is 0.258 e. The maximum atomic E-state index is 13.0. The number of ether oxygens (including phenoxy) is 1. The highest BCUT2D eigenvalue weighted by Gasteiger charge is 2.05. The van der Waals surface area contributed by atoms with Crippen LogP contribution in [-0.4, -0.2) is 12.5 Å². The summed E-state index contributed by atoms with van der Waals surface area (Å²) in [6, 6.07) is 13.8. The summed E-state index contributed by atoms with van der Waals surface area (Å²) in [7, 11) is 0. The van der Waals surface area contributed by atoms with Gasteiger partial charge in [-0.15, -0.1) is 0 Å². The van der Waals surface area contributed by atoms with E-state index in [0.29, 0.717) is 16.8 Å². The zero-order chi connectivity index (χ0) is 14.4. The number of hydrogen-bond acceptors (Lipinski definition) is 2. The lowest BCUT2D eigenvalue weighted by Gasteiger charge is -2.08. The molecule has 0 aliphatic carbocycles. The molecule has 0 radical (unpaired) electrons. The lowest BCUT2D eigenvalue weighted by molar-refractivity contribution is -0.123. The molecule has 104 valence electrons. The molecule has 5 heteroatoms. The van der Waals surface area contributed by atoms with Crippen LogP contribution in [0.4, 0.5) is 4.39 Å². The SMILES string of the molecule is O=C(COc1ccc(F)c(Br)c1)NCc1ccccc1. The Morgan fingerprint density at radius 2 is 1.95 bits per heavy atom. The van der Waals surface area contributed by atoms with Crippen molar-refractivity contribution < 1.29 is 13.9 Å². The van der Waals surface area contributed by atoms with Gasteiger partial charge in [0, 0.05) is 6.54 Å². The summed E-state index contributed by atoms with van der Waals surface area (Å²) in [5.74, 6) is -0.159. The summed E-state index contributed by atoms with van der Waals surface area (Å²) >= 11 is 3.06. The Kier molecular flexibility index (Phi) is 5.12. The first kappa shape index (κ1) is 14.5. The van der Waals surface area contributed by atoms with Crippen molar-refractivity contribution in [3.8, 4) is 5.75 Å². The van der Waals surface area contributed by atoms with Crippen molar-refractivity contribution in [2.75, 3.05) is 6.61 Å². The van der Waals surface area contributed by atoms with E-state index in [0.717, 1.165) is 5.56 Å². The largest absolute Gasteiger partial charge is 0.484 e. The molecule has 1 N–H and O–H groups in total. The topological polar surface area (TPSA) is 38.3 Å². The van der Waals surface area contributed by atoms with Crippen molar-refractivity contribution in [1.82, 2.24) is 5.32 Å². The molecule has 0 saturated heterocycles. The van der Waals surface area contributed by atoms with Gasteiger partial charge in [0.1, 0.15) is 11.6 Å². The molecule has 0 aromatic heterocycles. The highest BCUT2D eigenvalue weighted by molar-refractivity contribution is 9.10. The average molecular weight is 338 g/mol. The molecule has 1 amide bonds. The van der Waals surface area contributed by atoms with Gasteiger partial charge in [0.15, 0.2) is 6.61 Å². The van der Waals surface area contributed by atoms with Gasteiger partial charge >= 0.3 is 0 Å². The highest BCUT2D eigenvalue weighted by atomic mass is 79.9. The van der Waals surface area contributed by atoms with Crippen LogP contribution in [0.2, 0.25) is 0 Å². The molecule has 0 aliphatic rings. The molecular formula is C15H13BrFNO2. The maximum Gasteiger partial charge on any atom is 0.258 e. The van der Waals surface area contributed by atoms with Gasteiger partial charge in [-0.3, -0.25) is 4.79 Å². The van der Waals surface area contributed by atoms with Gasteiger partial charge in [-0.05, 0) is 39.7 Å². The van der Waals surface area contributed by atoms with Crippen molar-refractivity contribution in [2.45, 2.75) is 6.54 Å². The van der Waals surface area contributed by atoms with Crippen LogP contribution in [-0.2, 0) is 11.3 Å². The van der Waals surface area contributed by atoms with Crippen LogP contribution in [0.5, 0.6) is 5.75 Å². The van der Waals surface area contributed by atoms with E-state index in [9.17, 15) is 9.18 Å². The molecule has 3 nitrogen and oxygen atoms in total. The van der Waals surface area contributed by atoms with Crippen LogP contribution in [0.3, 0.4) is 0 Å². The Hall–Kier alpha value is -1.88. The Morgan fingerprint density at radius 3 is 2.65 bits per heavy atom. The number of hydrogen-bond donors (Lipinski definition) is 1. The minimum atomic E-state index is -0.370. The van der Waals surface area contributed by atoms with Crippen LogP contribution in [0.25, 0.3) is 0 Å². The van der Waals surface area contributed by atoms with Crippen LogP contribution in [0.15, 0.2) is 53.0 Å². The van der Waals surface area contributed by atoms with Crippen LogP contribution in [0.1, 0.15) is 5.56 Å². The maximum absolute atomic E-state index is 13.0. The predicted molar refractivity (Wildman–Crippen MR) is 77.9 cm³/mol. The number of benzene rings is 2. The fourth-order valence-corrected chi connectivity index (χ4v) is 1.92. The van der Waals surface area contributed by atoms with E-state index in [4.69, 9.17) is 4.74 Å². The first-order chi connectivity index (χ1) is 9.65. The van der Waals surface area contributed by atoms with E-state index in [1.54, 1.807) is 0 Å². The summed E-state index contributed by atoms with van der Waals surface area (Å²) < 4.78 is 18.6. The summed E-state index contributed by atoms with van der Waals surface area (Å²) in [6.45, 7) is 0.348. The van der Waals surface area contributed by atoms with E-state index >= 15 is 0 Å². The normalized spacial score (nSPS) is 10.1.